The van der Waals surface area contributed by atoms with Gasteiger partial charge in [-0.2, -0.15) is 18.3 Å². The van der Waals surface area contributed by atoms with E-state index in [4.69, 9.17) is 16.3 Å². The molecule has 0 bridgehead atoms. The lowest BCUT2D eigenvalue weighted by Crippen LogP contribution is -2.41. The van der Waals surface area contributed by atoms with Crippen molar-refractivity contribution in [2.75, 3.05) is 13.2 Å². The Morgan fingerprint density at radius 3 is 2.52 bits per heavy atom. The van der Waals surface area contributed by atoms with E-state index in [-0.39, 0.29) is 64.8 Å². The molecule has 262 valence electrons. The van der Waals surface area contributed by atoms with E-state index in [1.165, 1.54) is 51.8 Å². The van der Waals surface area contributed by atoms with Crippen LogP contribution in [-0.2, 0) is 16.6 Å². The third kappa shape index (κ3) is 7.72. The first-order valence-electron chi connectivity index (χ1n) is 15.4. The van der Waals surface area contributed by atoms with Gasteiger partial charge in [0.15, 0.2) is 5.82 Å². The zero-order valence-corrected chi connectivity index (χ0v) is 28.2. The summed E-state index contributed by atoms with van der Waals surface area (Å²) < 4.78 is 75.8. The topological polar surface area (TPSA) is 162 Å². The number of unbranched alkanes of at least 4 members (excludes halogenated alkanes) is 1. The lowest BCUT2D eigenvalue weighted by molar-refractivity contribution is -0.190. The van der Waals surface area contributed by atoms with Crippen LogP contribution in [0.15, 0.2) is 35.5 Å². The molecule has 1 unspecified atom stereocenters. The molecule has 0 spiro atoms. The summed E-state index contributed by atoms with van der Waals surface area (Å²) in [5, 5.41) is 17.5. The number of alkyl halides is 3. The van der Waals surface area contributed by atoms with Crippen molar-refractivity contribution in [2.24, 2.45) is 11.3 Å². The van der Waals surface area contributed by atoms with Crippen LogP contribution in [0, 0.1) is 18.3 Å². The molecule has 4 heterocycles. The summed E-state index contributed by atoms with van der Waals surface area (Å²) in [6.45, 7) is 6.12. The standard InChI is InChI=1S/C30H37ClF3N7O6S/c1-19-22(18-39(36-19)13-5-4-6-20-16-28(2,3)40(17-20)27(43)44)48(45,46)38-26(42)21-7-8-23(35-25(21)31)41-14-9-24(37-41)47-15-12-29(10-11-29)30(32,33)34/h7-9,14,18,20H,4-6,10-13,15-17H2,1-3H3,(H,38,42)(H,43,44). The number of nitrogens with zero attached hydrogens (tertiary/aromatic N) is 6. The number of sulfonamides is 1. The van der Waals surface area contributed by atoms with Gasteiger partial charge in [-0.15, -0.1) is 5.10 Å². The molecular weight excluding hydrogens is 679 g/mol. The number of pyridine rings is 1. The number of carbonyl (C=O) groups excluding carboxylic acids is 1. The fourth-order valence-corrected chi connectivity index (χ4v) is 7.53. The van der Waals surface area contributed by atoms with Crippen molar-refractivity contribution in [1.82, 2.24) is 34.2 Å². The quantitative estimate of drug-likeness (QED) is 0.169. The van der Waals surface area contributed by atoms with Crippen LogP contribution in [0.2, 0.25) is 5.15 Å². The Balaban J connectivity index is 1.13. The highest BCUT2D eigenvalue weighted by atomic mass is 35.5. The van der Waals surface area contributed by atoms with Gasteiger partial charge in [0, 0.05) is 37.1 Å². The predicted molar refractivity (Wildman–Crippen MR) is 167 cm³/mol. The van der Waals surface area contributed by atoms with Gasteiger partial charge in [0.1, 0.15) is 10.0 Å². The lowest BCUT2D eigenvalue weighted by atomic mass is 9.93. The highest BCUT2D eigenvalue weighted by Crippen LogP contribution is 2.59. The van der Waals surface area contributed by atoms with E-state index in [0.717, 1.165) is 19.3 Å². The monoisotopic (exact) mass is 715 g/mol. The third-order valence-electron chi connectivity index (χ3n) is 9.02. The van der Waals surface area contributed by atoms with Gasteiger partial charge in [0.05, 0.1) is 23.3 Å². The van der Waals surface area contributed by atoms with Crippen LogP contribution in [0.25, 0.3) is 5.82 Å². The van der Waals surface area contributed by atoms with Crippen molar-refractivity contribution in [3.05, 3.63) is 47.0 Å². The maximum Gasteiger partial charge on any atom is 0.407 e. The summed E-state index contributed by atoms with van der Waals surface area (Å²) in [5.41, 5.74) is -2.10. The summed E-state index contributed by atoms with van der Waals surface area (Å²) in [6, 6.07) is 4.10. The number of hydrogen-bond donors (Lipinski definition) is 2. The molecule has 1 aliphatic heterocycles. The molecule has 1 saturated carbocycles. The van der Waals surface area contributed by atoms with Crippen LogP contribution in [0.3, 0.4) is 0 Å². The van der Waals surface area contributed by atoms with E-state index in [1.54, 1.807) is 0 Å². The van der Waals surface area contributed by atoms with Crippen molar-refractivity contribution in [3.8, 4) is 11.7 Å². The first-order valence-corrected chi connectivity index (χ1v) is 17.3. The largest absolute Gasteiger partial charge is 0.477 e. The molecule has 2 N–H and O–H groups in total. The first kappa shape index (κ1) is 35.4. The van der Waals surface area contributed by atoms with E-state index in [2.05, 4.69) is 15.2 Å². The molecule has 1 saturated heterocycles. The summed E-state index contributed by atoms with van der Waals surface area (Å²) in [6.07, 6.45) is 0.739. The molecule has 3 aromatic rings. The minimum absolute atomic E-state index is 0.0829. The van der Waals surface area contributed by atoms with E-state index < -0.39 is 39.2 Å². The molecular formula is C30H37ClF3N7O6S. The summed E-state index contributed by atoms with van der Waals surface area (Å²) in [4.78, 5) is 29.9. The highest BCUT2D eigenvalue weighted by molar-refractivity contribution is 7.90. The fraction of sp³-hybridized carbons (Fsp3) is 0.567. The molecule has 0 aromatic carbocycles. The van der Waals surface area contributed by atoms with E-state index in [9.17, 15) is 36.3 Å². The molecule has 2 fully saturated rings. The van der Waals surface area contributed by atoms with Gasteiger partial charge in [0.2, 0.25) is 5.88 Å². The summed E-state index contributed by atoms with van der Waals surface area (Å²) in [5.74, 6) is -0.512. The molecule has 1 aliphatic carbocycles. The van der Waals surface area contributed by atoms with E-state index >= 15 is 0 Å². The Kier molecular flexibility index (Phi) is 9.76. The SMILES string of the molecule is Cc1nn(CCCCC2CN(C(=O)O)C(C)(C)C2)cc1S(=O)(=O)NC(=O)c1ccc(-n2ccc(OCCC3(C(F)(F)F)CC3)n2)nc1Cl. The second kappa shape index (κ2) is 13.2. The Morgan fingerprint density at radius 1 is 1.17 bits per heavy atom. The smallest absolute Gasteiger partial charge is 0.407 e. The van der Waals surface area contributed by atoms with Gasteiger partial charge in [-0.05, 0) is 77.3 Å². The number of aryl methyl sites for hydroxylation is 2. The zero-order valence-electron chi connectivity index (χ0n) is 26.6. The maximum atomic E-state index is 13.1. The molecule has 0 radical (unpaired) electrons. The normalized spacial score (nSPS) is 18.6. The summed E-state index contributed by atoms with van der Waals surface area (Å²) in [7, 11) is -4.32. The molecule has 1 atom stereocenters. The van der Waals surface area contributed by atoms with Gasteiger partial charge >= 0.3 is 12.3 Å². The number of halogens is 4. The second-order valence-electron chi connectivity index (χ2n) is 13.0. The van der Waals surface area contributed by atoms with E-state index in [0.29, 0.717) is 19.5 Å². The van der Waals surface area contributed by atoms with Crippen LogP contribution >= 0.6 is 11.6 Å². The molecule has 48 heavy (non-hydrogen) atoms. The Bertz CT molecular complexity index is 1790. The van der Waals surface area contributed by atoms with Crippen molar-refractivity contribution < 1.29 is 41.0 Å². The number of carbonyl (C=O) groups is 2. The number of aromatic nitrogens is 5. The molecule has 18 heteroatoms. The Morgan fingerprint density at radius 2 is 1.90 bits per heavy atom. The average Bonchev–Trinajstić information content (AvgIpc) is 3.31. The van der Waals surface area contributed by atoms with Crippen LogP contribution < -0.4 is 9.46 Å². The predicted octanol–water partition coefficient (Wildman–Crippen LogP) is 5.60. The van der Waals surface area contributed by atoms with Crippen molar-refractivity contribution >= 4 is 33.6 Å². The van der Waals surface area contributed by atoms with Crippen molar-refractivity contribution in [1.29, 1.82) is 0 Å². The van der Waals surface area contributed by atoms with Crippen LogP contribution in [-0.4, -0.2) is 79.8 Å². The lowest BCUT2D eigenvalue weighted by Gasteiger charge is -2.28. The third-order valence-corrected chi connectivity index (χ3v) is 10.7. The molecule has 13 nitrogen and oxygen atoms in total. The number of rotatable bonds is 13. The molecule has 2 amide bonds. The van der Waals surface area contributed by atoms with Gasteiger partial charge < -0.3 is 14.7 Å². The Labute approximate surface area is 280 Å². The number of likely N-dealkylation sites (tertiary alicyclic amines) is 1. The molecule has 5 rings (SSSR count). The van der Waals surface area contributed by atoms with Gasteiger partial charge in [-0.25, -0.2) is 27.6 Å². The number of ether oxygens (including phenoxy) is 1. The molecule has 2 aliphatic rings. The molecule has 3 aromatic heterocycles. The van der Waals surface area contributed by atoms with Crippen molar-refractivity contribution in [2.45, 2.75) is 88.9 Å². The number of carboxylic acid groups (broad SMARTS) is 1. The summed E-state index contributed by atoms with van der Waals surface area (Å²) >= 11 is 6.24. The minimum Gasteiger partial charge on any atom is -0.477 e. The fourth-order valence-electron chi connectivity index (χ4n) is 6.14. The van der Waals surface area contributed by atoms with Gasteiger partial charge in [-0.1, -0.05) is 18.0 Å². The number of hydrogen-bond acceptors (Lipinski definition) is 8. The number of amides is 2. The average molecular weight is 716 g/mol. The maximum absolute atomic E-state index is 13.1. The first-order chi connectivity index (χ1) is 22.4. The van der Waals surface area contributed by atoms with E-state index in [1.807, 2.05) is 18.6 Å². The van der Waals surface area contributed by atoms with Crippen LogP contribution in [0.5, 0.6) is 5.88 Å². The van der Waals surface area contributed by atoms with Crippen LogP contribution in [0.1, 0.15) is 74.8 Å². The van der Waals surface area contributed by atoms with Crippen LogP contribution in [0.4, 0.5) is 18.0 Å². The van der Waals surface area contributed by atoms with Crippen molar-refractivity contribution in [3.63, 3.8) is 0 Å². The van der Waals surface area contributed by atoms with Gasteiger partial charge in [-0.3, -0.25) is 9.48 Å². The zero-order chi connectivity index (χ0) is 35.1. The van der Waals surface area contributed by atoms with Gasteiger partial charge in [0.25, 0.3) is 15.9 Å². The second-order valence-corrected chi connectivity index (χ2v) is 15.0. The Hall–Kier alpha value is -3.86. The highest BCUT2D eigenvalue weighted by Gasteiger charge is 2.62. The minimum atomic E-state index is -4.32. The number of nitrogens with one attached hydrogen (secondary N) is 1.